The Labute approximate surface area is 124 Å². The Morgan fingerprint density at radius 2 is 2.29 bits per heavy atom. The maximum absolute atomic E-state index is 12.3. The summed E-state index contributed by atoms with van der Waals surface area (Å²) in [7, 11) is 0. The van der Waals surface area contributed by atoms with Gasteiger partial charge in [-0.1, -0.05) is 0 Å². The third-order valence-corrected chi connectivity index (χ3v) is 4.19. The fraction of sp³-hybridized carbons (Fsp3) is 0.385. The minimum Gasteiger partial charge on any atom is -0.354 e. The smallest absolute Gasteiger partial charge is 0.262 e. The van der Waals surface area contributed by atoms with Gasteiger partial charge in [-0.3, -0.25) is 19.0 Å². The Balaban J connectivity index is 1.81. The number of aromatic nitrogens is 2. The Bertz CT molecular complexity index is 751. The van der Waals surface area contributed by atoms with Crippen molar-refractivity contribution in [1.29, 1.82) is 0 Å². The van der Waals surface area contributed by atoms with Gasteiger partial charge in [0.15, 0.2) is 0 Å². The van der Waals surface area contributed by atoms with Crippen LogP contribution < -0.4 is 10.9 Å². The number of carbonyl (C=O) groups excluding carboxylic acids is 2. The van der Waals surface area contributed by atoms with Gasteiger partial charge in [-0.15, -0.1) is 11.3 Å². The molecule has 0 bridgehead atoms. The van der Waals surface area contributed by atoms with Crippen LogP contribution in [0.5, 0.6) is 0 Å². The molecule has 8 heteroatoms. The Kier molecular flexibility index (Phi) is 3.70. The van der Waals surface area contributed by atoms with Gasteiger partial charge in [0, 0.05) is 13.1 Å². The molecule has 2 amide bonds. The molecule has 3 rings (SSSR count). The summed E-state index contributed by atoms with van der Waals surface area (Å²) in [5, 5.41) is 5.03. The second-order valence-electron chi connectivity index (χ2n) is 4.84. The van der Waals surface area contributed by atoms with Crippen LogP contribution in [-0.4, -0.2) is 45.9 Å². The van der Waals surface area contributed by atoms with E-state index < -0.39 is 0 Å². The summed E-state index contributed by atoms with van der Waals surface area (Å²) in [5.74, 6) is -0.412. The Morgan fingerprint density at radius 3 is 3.14 bits per heavy atom. The highest BCUT2D eigenvalue weighted by molar-refractivity contribution is 7.16. The van der Waals surface area contributed by atoms with Crippen molar-refractivity contribution in [2.75, 3.05) is 19.6 Å². The zero-order valence-electron chi connectivity index (χ0n) is 11.2. The first-order valence-corrected chi connectivity index (χ1v) is 7.50. The lowest BCUT2D eigenvalue weighted by Crippen LogP contribution is -2.40. The van der Waals surface area contributed by atoms with Crippen molar-refractivity contribution >= 4 is 33.4 Å². The molecule has 0 unspecified atom stereocenters. The lowest BCUT2D eigenvalue weighted by Gasteiger charge is -2.19. The van der Waals surface area contributed by atoms with Crippen molar-refractivity contribution in [3.8, 4) is 0 Å². The van der Waals surface area contributed by atoms with Crippen LogP contribution in [0.2, 0.25) is 0 Å². The van der Waals surface area contributed by atoms with Crippen molar-refractivity contribution in [3.05, 3.63) is 28.1 Å². The van der Waals surface area contributed by atoms with Gasteiger partial charge >= 0.3 is 0 Å². The van der Waals surface area contributed by atoms with Crippen LogP contribution in [0.1, 0.15) is 6.42 Å². The SMILES string of the molecule is O=C1CN(C(=O)Cn2cnc3sccc3c2=O)CCCN1. The van der Waals surface area contributed by atoms with Gasteiger partial charge in [0.05, 0.1) is 18.3 Å². The molecule has 0 aliphatic carbocycles. The van der Waals surface area contributed by atoms with Crippen molar-refractivity contribution in [1.82, 2.24) is 19.8 Å². The summed E-state index contributed by atoms with van der Waals surface area (Å²) in [5.41, 5.74) is -0.228. The van der Waals surface area contributed by atoms with Gasteiger partial charge in [0.1, 0.15) is 11.4 Å². The topological polar surface area (TPSA) is 84.3 Å². The summed E-state index contributed by atoms with van der Waals surface area (Å²) < 4.78 is 1.29. The molecule has 1 saturated heterocycles. The van der Waals surface area contributed by atoms with E-state index in [1.807, 2.05) is 0 Å². The van der Waals surface area contributed by atoms with Gasteiger partial charge in [-0.2, -0.15) is 0 Å². The quantitative estimate of drug-likeness (QED) is 0.833. The molecule has 0 radical (unpaired) electrons. The summed E-state index contributed by atoms with van der Waals surface area (Å²) in [4.78, 5) is 42.3. The maximum atomic E-state index is 12.3. The maximum Gasteiger partial charge on any atom is 0.262 e. The molecule has 2 aromatic rings. The number of fused-ring (bicyclic) bond motifs is 1. The second-order valence-corrected chi connectivity index (χ2v) is 5.73. The third kappa shape index (κ3) is 2.80. The second kappa shape index (κ2) is 5.65. The molecule has 1 N–H and O–H groups in total. The van der Waals surface area contributed by atoms with Crippen LogP contribution in [0.15, 0.2) is 22.6 Å². The molecule has 3 heterocycles. The molecule has 0 spiro atoms. The van der Waals surface area contributed by atoms with Gasteiger partial charge in [0.25, 0.3) is 5.56 Å². The van der Waals surface area contributed by atoms with Gasteiger partial charge in [-0.25, -0.2) is 4.98 Å². The number of rotatable bonds is 2. The normalized spacial score (nSPS) is 15.8. The summed E-state index contributed by atoms with van der Waals surface area (Å²) in [6, 6.07) is 1.70. The fourth-order valence-corrected chi connectivity index (χ4v) is 2.99. The van der Waals surface area contributed by atoms with E-state index in [4.69, 9.17) is 0 Å². The first kappa shape index (κ1) is 13.7. The lowest BCUT2D eigenvalue weighted by molar-refractivity contribution is -0.135. The molecule has 1 aliphatic heterocycles. The highest BCUT2D eigenvalue weighted by Gasteiger charge is 2.20. The lowest BCUT2D eigenvalue weighted by atomic mass is 10.3. The van der Waals surface area contributed by atoms with Gasteiger partial charge in [0.2, 0.25) is 11.8 Å². The molecule has 21 heavy (non-hydrogen) atoms. The van der Waals surface area contributed by atoms with Crippen molar-refractivity contribution in [2.45, 2.75) is 13.0 Å². The highest BCUT2D eigenvalue weighted by atomic mass is 32.1. The van der Waals surface area contributed by atoms with Crippen LogP contribution in [0.3, 0.4) is 0 Å². The van der Waals surface area contributed by atoms with Crippen LogP contribution in [0.25, 0.3) is 10.2 Å². The predicted octanol–water partition coefficient (Wildman–Crippen LogP) is -0.194. The van der Waals surface area contributed by atoms with Crippen molar-refractivity contribution in [3.63, 3.8) is 0 Å². The number of thiophene rings is 1. The largest absolute Gasteiger partial charge is 0.354 e. The molecule has 0 aromatic carbocycles. The first-order valence-electron chi connectivity index (χ1n) is 6.62. The number of hydrogen-bond acceptors (Lipinski definition) is 5. The van der Waals surface area contributed by atoms with E-state index in [1.165, 1.54) is 27.1 Å². The van der Waals surface area contributed by atoms with E-state index in [0.717, 1.165) is 0 Å². The highest BCUT2D eigenvalue weighted by Crippen LogP contribution is 2.13. The molecule has 1 aliphatic rings. The number of amides is 2. The fourth-order valence-electron chi connectivity index (χ4n) is 2.27. The third-order valence-electron chi connectivity index (χ3n) is 3.37. The average molecular weight is 306 g/mol. The zero-order valence-corrected chi connectivity index (χ0v) is 12.1. The van der Waals surface area contributed by atoms with Crippen molar-refractivity contribution < 1.29 is 9.59 Å². The minimum atomic E-state index is -0.245. The molecule has 7 nitrogen and oxygen atoms in total. The van der Waals surface area contributed by atoms with Crippen LogP contribution in [0.4, 0.5) is 0 Å². The number of nitrogens with one attached hydrogen (secondary N) is 1. The molecule has 1 fully saturated rings. The number of carbonyl (C=O) groups is 2. The van der Waals surface area contributed by atoms with E-state index in [9.17, 15) is 14.4 Å². The van der Waals surface area contributed by atoms with E-state index >= 15 is 0 Å². The van der Waals surface area contributed by atoms with Crippen LogP contribution in [-0.2, 0) is 16.1 Å². The molecular formula is C13H14N4O3S. The molecule has 0 atom stereocenters. The minimum absolute atomic E-state index is 0.0434. The monoisotopic (exact) mass is 306 g/mol. The Morgan fingerprint density at radius 1 is 1.43 bits per heavy atom. The first-order chi connectivity index (χ1) is 10.1. The molecule has 0 saturated carbocycles. The summed E-state index contributed by atoms with van der Waals surface area (Å²) in [6.07, 6.45) is 2.10. The summed E-state index contributed by atoms with van der Waals surface area (Å²) in [6.45, 7) is 1.04. The molecular weight excluding hydrogens is 292 g/mol. The van der Waals surface area contributed by atoms with Gasteiger partial charge in [-0.05, 0) is 17.9 Å². The van der Waals surface area contributed by atoms with Crippen molar-refractivity contribution in [2.24, 2.45) is 0 Å². The van der Waals surface area contributed by atoms with Crippen LogP contribution >= 0.6 is 11.3 Å². The standard InChI is InChI=1S/C13H14N4O3S/c18-10-6-16(4-1-3-14-10)11(19)7-17-8-15-12-9(13(17)20)2-5-21-12/h2,5,8H,1,3-4,6-7H2,(H,14,18). The number of nitrogens with zero attached hydrogens (tertiary/aromatic N) is 3. The van der Waals surface area contributed by atoms with E-state index in [2.05, 4.69) is 10.3 Å². The van der Waals surface area contributed by atoms with E-state index in [1.54, 1.807) is 11.4 Å². The Hall–Kier alpha value is -2.22. The van der Waals surface area contributed by atoms with Crippen LogP contribution in [0, 0.1) is 0 Å². The van der Waals surface area contributed by atoms with E-state index in [0.29, 0.717) is 29.7 Å². The molecule has 110 valence electrons. The predicted molar refractivity (Wildman–Crippen MR) is 78.1 cm³/mol. The average Bonchev–Trinajstić information content (AvgIpc) is 2.84. The number of hydrogen-bond donors (Lipinski definition) is 1. The zero-order chi connectivity index (χ0) is 14.8. The van der Waals surface area contributed by atoms with E-state index in [-0.39, 0.29) is 30.5 Å². The van der Waals surface area contributed by atoms with Gasteiger partial charge < -0.3 is 10.2 Å². The molecule has 2 aromatic heterocycles. The summed E-state index contributed by atoms with van der Waals surface area (Å²) >= 11 is 1.39.